The molecule has 140 valence electrons. The van der Waals surface area contributed by atoms with E-state index >= 15 is 0 Å². The molecule has 0 radical (unpaired) electrons. The Morgan fingerprint density at radius 3 is 2.56 bits per heavy atom. The van der Waals surface area contributed by atoms with Gasteiger partial charge in [0.2, 0.25) is 0 Å². The standard InChI is InChI=1S/C22H24ClN3O/c1-4-17-8-5-6-11-21(17)25-22(27)24-14-18-12-15(2)26(16(18)3)20-10-7-9-19(23)13-20/h5-13H,4,14H2,1-3H3,(H2,24,25,27). The average molecular weight is 382 g/mol. The van der Waals surface area contributed by atoms with Crippen molar-refractivity contribution in [2.24, 2.45) is 0 Å². The van der Waals surface area contributed by atoms with Crippen LogP contribution in [-0.4, -0.2) is 10.6 Å². The van der Waals surface area contributed by atoms with Crippen molar-refractivity contribution in [1.29, 1.82) is 0 Å². The maximum absolute atomic E-state index is 12.3. The Labute approximate surface area is 165 Å². The normalized spacial score (nSPS) is 10.7. The molecule has 2 N–H and O–H groups in total. The molecule has 0 unspecified atom stereocenters. The summed E-state index contributed by atoms with van der Waals surface area (Å²) in [7, 11) is 0. The summed E-state index contributed by atoms with van der Waals surface area (Å²) in [5, 5.41) is 6.59. The Morgan fingerprint density at radius 2 is 1.81 bits per heavy atom. The van der Waals surface area contributed by atoms with Crippen LogP contribution in [0.5, 0.6) is 0 Å². The molecule has 3 aromatic rings. The first-order chi connectivity index (χ1) is 13.0. The number of carbonyl (C=O) groups is 1. The van der Waals surface area contributed by atoms with Crippen molar-refractivity contribution in [1.82, 2.24) is 9.88 Å². The van der Waals surface area contributed by atoms with Crippen molar-refractivity contribution < 1.29 is 4.79 Å². The van der Waals surface area contributed by atoms with Crippen molar-refractivity contribution >= 4 is 23.3 Å². The molecule has 2 amide bonds. The number of hydrogen-bond acceptors (Lipinski definition) is 1. The zero-order chi connectivity index (χ0) is 19.4. The van der Waals surface area contributed by atoms with Gasteiger partial charge in [-0.3, -0.25) is 0 Å². The molecule has 0 saturated heterocycles. The predicted octanol–water partition coefficient (Wildman–Crippen LogP) is 5.63. The maximum atomic E-state index is 12.3. The molecule has 3 rings (SSSR count). The monoisotopic (exact) mass is 381 g/mol. The fourth-order valence-electron chi connectivity index (χ4n) is 3.31. The van der Waals surface area contributed by atoms with Crippen LogP contribution in [0.2, 0.25) is 5.02 Å². The van der Waals surface area contributed by atoms with Gasteiger partial charge in [-0.25, -0.2) is 4.79 Å². The number of urea groups is 1. The average Bonchev–Trinajstić information content (AvgIpc) is 2.94. The lowest BCUT2D eigenvalue weighted by atomic mass is 10.1. The van der Waals surface area contributed by atoms with E-state index in [4.69, 9.17) is 11.6 Å². The topological polar surface area (TPSA) is 46.1 Å². The molecule has 1 heterocycles. The van der Waals surface area contributed by atoms with Crippen molar-refractivity contribution in [2.45, 2.75) is 33.7 Å². The lowest BCUT2D eigenvalue weighted by Gasteiger charge is -2.12. The molecule has 4 nitrogen and oxygen atoms in total. The third-order valence-corrected chi connectivity index (χ3v) is 4.92. The lowest BCUT2D eigenvalue weighted by Crippen LogP contribution is -2.28. The number of aryl methyl sites for hydroxylation is 2. The minimum atomic E-state index is -0.205. The highest BCUT2D eigenvalue weighted by atomic mass is 35.5. The van der Waals surface area contributed by atoms with Crippen molar-refractivity contribution in [3.8, 4) is 5.69 Å². The van der Waals surface area contributed by atoms with Gasteiger partial charge in [-0.05, 0) is 61.7 Å². The third kappa shape index (κ3) is 4.34. The summed E-state index contributed by atoms with van der Waals surface area (Å²) in [6, 6.07) is 17.5. The first kappa shape index (κ1) is 19.1. The molecular weight excluding hydrogens is 358 g/mol. The van der Waals surface area contributed by atoms with Gasteiger partial charge in [-0.15, -0.1) is 0 Å². The van der Waals surface area contributed by atoms with Crippen LogP contribution in [0.4, 0.5) is 10.5 Å². The number of benzene rings is 2. The summed E-state index contributed by atoms with van der Waals surface area (Å²) in [6.07, 6.45) is 0.872. The van der Waals surface area contributed by atoms with Gasteiger partial charge in [0.05, 0.1) is 0 Å². The highest BCUT2D eigenvalue weighted by Gasteiger charge is 2.12. The van der Waals surface area contributed by atoms with Crippen LogP contribution in [0.1, 0.15) is 29.4 Å². The van der Waals surface area contributed by atoms with Crippen molar-refractivity contribution in [3.05, 3.63) is 82.1 Å². The molecule has 2 aromatic carbocycles. The van der Waals surface area contributed by atoms with Crippen molar-refractivity contribution in [3.63, 3.8) is 0 Å². The minimum Gasteiger partial charge on any atom is -0.334 e. The minimum absolute atomic E-state index is 0.205. The van der Waals surface area contributed by atoms with Crippen LogP contribution in [0.3, 0.4) is 0 Å². The van der Waals surface area contributed by atoms with E-state index in [2.05, 4.69) is 42.0 Å². The van der Waals surface area contributed by atoms with Crippen LogP contribution in [0.15, 0.2) is 54.6 Å². The summed E-state index contributed by atoms with van der Waals surface area (Å²) in [4.78, 5) is 12.3. The van der Waals surface area contributed by atoms with E-state index < -0.39 is 0 Å². The van der Waals surface area contributed by atoms with Gasteiger partial charge in [-0.2, -0.15) is 0 Å². The SMILES string of the molecule is CCc1ccccc1NC(=O)NCc1cc(C)n(-c2cccc(Cl)c2)c1C. The lowest BCUT2D eigenvalue weighted by molar-refractivity contribution is 0.251. The Balaban J connectivity index is 1.71. The molecule has 0 aliphatic carbocycles. The quantitative estimate of drug-likeness (QED) is 0.591. The fraction of sp³-hybridized carbons (Fsp3) is 0.227. The number of hydrogen-bond donors (Lipinski definition) is 2. The molecule has 27 heavy (non-hydrogen) atoms. The van der Waals surface area contributed by atoms with Crippen LogP contribution >= 0.6 is 11.6 Å². The number of anilines is 1. The Morgan fingerprint density at radius 1 is 1.04 bits per heavy atom. The molecule has 0 bridgehead atoms. The second kappa shape index (κ2) is 8.31. The van der Waals surface area contributed by atoms with Crippen LogP contribution in [0.25, 0.3) is 5.69 Å². The highest BCUT2D eigenvalue weighted by molar-refractivity contribution is 6.30. The van der Waals surface area contributed by atoms with E-state index in [9.17, 15) is 4.79 Å². The van der Waals surface area contributed by atoms with Gasteiger partial charge in [0.25, 0.3) is 0 Å². The van der Waals surface area contributed by atoms with E-state index in [1.165, 1.54) is 0 Å². The Bertz CT molecular complexity index is 962. The van der Waals surface area contributed by atoms with E-state index in [0.717, 1.165) is 40.3 Å². The number of rotatable bonds is 5. The zero-order valence-corrected chi connectivity index (χ0v) is 16.6. The number of amides is 2. The van der Waals surface area contributed by atoms with E-state index in [1.807, 2.05) is 48.5 Å². The summed E-state index contributed by atoms with van der Waals surface area (Å²) in [6.45, 7) is 6.63. The molecule has 5 heteroatoms. The van der Waals surface area contributed by atoms with Gasteiger partial charge >= 0.3 is 6.03 Å². The molecule has 0 aliphatic heterocycles. The number of halogens is 1. The van der Waals surface area contributed by atoms with Gasteiger partial charge in [0.1, 0.15) is 0 Å². The third-order valence-electron chi connectivity index (χ3n) is 4.69. The highest BCUT2D eigenvalue weighted by Crippen LogP contribution is 2.23. The zero-order valence-electron chi connectivity index (χ0n) is 15.8. The number of para-hydroxylation sites is 1. The van der Waals surface area contributed by atoms with E-state index in [-0.39, 0.29) is 6.03 Å². The van der Waals surface area contributed by atoms with Gasteiger partial charge < -0.3 is 15.2 Å². The second-order valence-corrected chi connectivity index (χ2v) is 6.97. The Kier molecular flexibility index (Phi) is 5.87. The molecule has 1 aromatic heterocycles. The number of nitrogens with one attached hydrogen (secondary N) is 2. The molecule has 0 aliphatic rings. The first-order valence-electron chi connectivity index (χ1n) is 9.06. The van der Waals surface area contributed by atoms with Gasteiger partial charge in [-0.1, -0.05) is 42.8 Å². The Hall–Kier alpha value is -2.72. The predicted molar refractivity (Wildman–Crippen MR) is 112 cm³/mol. The maximum Gasteiger partial charge on any atom is 0.319 e. The van der Waals surface area contributed by atoms with Gasteiger partial charge in [0.15, 0.2) is 0 Å². The van der Waals surface area contributed by atoms with Crippen LogP contribution < -0.4 is 10.6 Å². The largest absolute Gasteiger partial charge is 0.334 e. The second-order valence-electron chi connectivity index (χ2n) is 6.53. The molecular formula is C22H24ClN3O. The number of carbonyl (C=O) groups excluding carboxylic acids is 1. The fourth-order valence-corrected chi connectivity index (χ4v) is 3.50. The molecule has 0 saturated carbocycles. The smallest absolute Gasteiger partial charge is 0.319 e. The summed E-state index contributed by atoms with van der Waals surface area (Å²) >= 11 is 6.13. The molecule has 0 spiro atoms. The molecule has 0 fully saturated rings. The van der Waals surface area contributed by atoms with Crippen LogP contribution in [0, 0.1) is 13.8 Å². The van der Waals surface area contributed by atoms with Crippen molar-refractivity contribution in [2.75, 3.05) is 5.32 Å². The first-order valence-corrected chi connectivity index (χ1v) is 9.44. The van der Waals surface area contributed by atoms with E-state index in [0.29, 0.717) is 11.6 Å². The van der Waals surface area contributed by atoms with E-state index in [1.54, 1.807) is 0 Å². The molecule has 0 atom stereocenters. The number of nitrogens with zero attached hydrogens (tertiary/aromatic N) is 1. The summed E-state index contributed by atoms with van der Waals surface area (Å²) in [5.74, 6) is 0. The van der Waals surface area contributed by atoms with Gasteiger partial charge in [0, 0.05) is 34.3 Å². The summed E-state index contributed by atoms with van der Waals surface area (Å²) in [5.41, 5.74) is 6.25. The number of aromatic nitrogens is 1. The van der Waals surface area contributed by atoms with Crippen LogP contribution in [-0.2, 0) is 13.0 Å². The summed E-state index contributed by atoms with van der Waals surface area (Å²) < 4.78 is 2.15.